The minimum Gasteiger partial charge on any atom is -0.359 e. The standard InChI is InChI=1S/C20H17NO3/c1-19-10-11-20(2,24-19)16-15(19)17(22)21(18(16)23)14-9-5-7-12-6-3-4-8-13(12)14/h3-11,15-16H,1-2H3/t15-,16-,19+,20+/m1/s1. The SMILES string of the molecule is C[C@@]12C=C[C@](C)(O1)[C@H]1C(=O)N(c3cccc4ccccc34)C(=O)[C@@H]12. The van der Waals surface area contributed by atoms with Crippen LogP contribution in [0.2, 0.25) is 0 Å². The van der Waals surface area contributed by atoms with Crippen LogP contribution in [-0.2, 0) is 14.3 Å². The number of benzene rings is 2. The third kappa shape index (κ3) is 1.47. The quantitative estimate of drug-likeness (QED) is 0.599. The van der Waals surface area contributed by atoms with E-state index in [1.54, 1.807) is 0 Å². The maximum Gasteiger partial charge on any atom is 0.241 e. The third-order valence-corrected chi connectivity index (χ3v) is 5.73. The number of anilines is 1. The Hall–Kier alpha value is -2.46. The van der Waals surface area contributed by atoms with Crippen LogP contribution in [0.1, 0.15) is 13.8 Å². The number of carbonyl (C=O) groups is 2. The summed E-state index contributed by atoms with van der Waals surface area (Å²) in [6, 6.07) is 13.5. The van der Waals surface area contributed by atoms with Gasteiger partial charge in [0.25, 0.3) is 0 Å². The normalized spacial score (nSPS) is 36.8. The van der Waals surface area contributed by atoms with Gasteiger partial charge in [-0.25, -0.2) is 4.90 Å². The van der Waals surface area contributed by atoms with E-state index >= 15 is 0 Å². The van der Waals surface area contributed by atoms with Crippen LogP contribution in [0, 0.1) is 11.8 Å². The van der Waals surface area contributed by atoms with Crippen molar-refractivity contribution >= 4 is 28.3 Å². The highest BCUT2D eigenvalue weighted by Crippen LogP contribution is 2.57. The topological polar surface area (TPSA) is 46.6 Å². The van der Waals surface area contributed by atoms with E-state index < -0.39 is 23.0 Å². The first-order valence-electron chi connectivity index (χ1n) is 8.21. The fourth-order valence-corrected chi connectivity index (χ4v) is 4.67. The van der Waals surface area contributed by atoms with E-state index in [9.17, 15) is 9.59 Å². The second kappa shape index (κ2) is 4.14. The van der Waals surface area contributed by atoms with Gasteiger partial charge in [0.05, 0.1) is 28.7 Å². The maximum atomic E-state index is 13.2. The predicted molar refractivity (Wildman–Crippen MR) is 90.5 cm³/mol. The van der Waals surface area contributed by atoms with Crippen molar-refractivity contribution < 1.29 is 14.3 Å². The Bertz CT molecular complexity index is 908. The van der Waals surface area contributed by atoms with Gasteiger partial charge in [-0.2, -0.15) is 0 Å². The fraction of sp³-hybridized carbons (Fsp3) is 0.300. The number of nitrogens with zero attached hydrogens (tertiary/aromatic N) is 1. The number of amides is 2. The summed E-state index contributed by atoms with van der Waals surface area (Å²) in [4.78, 5) is 27.7. The van der Waals surface area contributed by atoms with Crippen molar-refractivity contribution in [2.45, 2.75) is 25.0 Å². The minimum absolute atomic E-state index is 0.156. The molecule has 3 aliphatic rings. The van der Waals surface area contributed by atoms with E-state index in [0.717, 1.165) is 10.8 Å². The highest BCUT2D eigenvalue weighted by Gasteiger charge is 2.70. The first-order chi connectivity index (χ1) is 11.4. The van der Waals surface area contributed by atoms with Crippen LogP contribution in [-0.4, -0.2) is 23.0 Å². The molecule has 4 atom stereocenters. The Morgan fingerprint density at radius 2 is 1.46 bits per heavy atom. The molecule has 0 saturated carbocycles. The van der Waals surface area contributed by atoms with Gasteiger partial charge in [0.2, 0.25) is 11.8 Å². The molecule has 2 fully saturated rings. The molecule has 2 saturated heterocycles. The summed E-state index contributed by atoms with van der Waals surface area (Å²) < 4.78 is 6.05. The molecule has 3 heterocycles. The van der Waals surface area contributed by atoms with Crippen LogP contribution < -0.4 is 4.90 Å². The summed E-state index contributed by atoms with van der Waals surface area (Å²) in [6.07, 6.45) is 3.87. The summed E-state index contributed by atoms with van der Waals surface area (Å²) in [6.45, 7) is 3.80. The lowest BCUT2D eigenvalue weighted by Crippen LogP contribution is -2.39. The van der Waals surface area contributed by atoms with Crippen LogP contribution >= 0.6 is 0 Å². The summed E-state index contributed by atoms with van der Waals surface area (Å²) >= 11 is 0. The molecular weight excluding hydrogens is 302 g/mol. The van der Waals surface area contributed by atoms with Crippen LogP contribution in [0.4, 0.5) is 5.69 Å². The summed E-state index contributed by atoms with van der Waals surface area (Å²) in [5.41, 5.74) is -0.708. The van der Waals surface area contributed by atoms with Crippen LogP contribution in [0.25, 0.3) is 10.8 Å². The number of carbonyl (C=O) groups excluding carboxylic acids is 2. The molecular formula is C20H17NO3. The maximum absolute atomic E-state index is 13.2. The fourth-order valence-electron chi connectivity index (χ4n) is 4.67. The zero-order chi connectivity index (χ0) is 16.7. The largest absolute Gasteiger partial charge is 0.359 e. The summed E-state index contributed by atoms with van der Waals surface area (Å²) in [5, 5.41) is 1.93. The molecule has 0 aromatic heterocycles. The first kappa shape index (κ1) is 13.9. The second-order valence-electron chi connectivity index (χ2n) is 7.27. The average molecular weight is 319 g/mol. The number of imide groups is 1. The highest BCUT2D eigenvalue weighted by molar-refractivity contribution is 6.26. The predicted octanol–water partition coefficient (Wildman–Crippen LogP) is 3.06. The van der Waals surface area contributed by atoms with Crippen molar-refractivity contribution in [3.05, 3.63) is 54.6 Å². The van der Waals surface area contributed by atoms with E-state index in [0.29, 0.717) is 5.69 Å². The molecule has 4 heteroatoms. The smallest absolute Gasteiger partial charge is 0.241 e. The van der Waals surface area contributed by atoms with Crippen LogP contribution in [0.3, 0.4) is 0 Å². The van der Waals surface area contributed by atoms with E-state index in [1.165, 1.54) is 4.90 Å². The van der Waals surface area contributed by atoms with Gasteiger partial charge in [0.15, 0.2) is 0 Å². The van der Waals surface area contributed by atoms with Crippen LogP contribution in [0.15, 0.2) is 54.6 Å². The van der Waals surface area contributed by atoms with Crippen molar-refractivity contribution in [1.29, 1.82) is 0 Å². The Kier molecular flexibility index (Phi) is 2.40. The Morgan fingerprint density at radius 3 is 2.12 bits per heavy atom. The van der Waals surface area contributed by atoms with E-state index in [2.05, 4.69) is 0 Å². The molecule has 5 rings (SSSR count). The van der Waals surface area contributed by atoms with E-state index in [4.69, 9.17) is 4.74 Å². The second-order valence-corrected chi connectivity index (χ2v) is 7.27. The van der Waals surface area contributed by atoms with Crippen molar-refractivity contribution in [3.8, 4) is 0 Å². The van der Waals surface area contributed by atoms with Gasteiger partial charge in [0, 0.05) is 5.39 Å². The zero-order valence-electron chi connectivity index (χ0n) is 13.5. The van der Waals surface area contributed by atoms with Gasteiger partial charge in [-0.05, 0) is 25.3 Å². The average Bonchev–Trinajstić information content (AvgIpc) is 3.11. The van der Waals surface area contributed by atoms with Gasteiger partial charge in [-0.15, -0.1) is 0 Å². The van der Waals surface area contributed by atoms with Crippen LogP contribution in [0.5, 0.6) is 0 Å². The van der Waals surface area contributed by atoms with Gasteiger partial charge in [-0.3, -0.25) is 9.59 Å². The zero-order valence-corrected chi connectivity index (χ0v) is 13.5. The lowest BCUT2D eigenvalue weighted by atomic mass is 9.73. The third-order valence-electron chi connectivity index (χ3n) is 5.73. The van der Waals surface area contributed by atoms with Gasteiger partial charge >= 0.3 is 0 Å². The van der Waals surface area contributed by atoms with E-state index in [-0.39, 0.29) is 11.8 Å². The monoisotopic (exact) mass is 319 g/mol. The number of hydrogen-bond acceptors (Lipinski definition) is 3. The van der Waals surface area contributed by atoms with Crippen molar-refractivity contribution in [2.75, 3.05) is 4.90 Å². The van der Waals surface area contributed by atoms with E-state index in [1.807, 2.05) is 68.5 Å². The molecule has 2 amide bonds. The molecule has 2 aromatic carbocycles. The molecule has 4 nitrogen and oxygen atoms in total. The molecule has 3 aliphatic heterocycles. The molecule has 24 heavy (non-hydrogen) atoms. The molecule has 2 aromatic rings. The lowest BCUT2D eigenvalue weighted by molar-refractivity contribution is -0.128. The molecule has 2 bridgehead atoms. The van der Waals surface area contributed by atoms with Gasteiger partial charge in [0.1, 0.15) is 0 Å². The molecule has 0 N–H and O–H groups in total. The Balaban J connectivity index is 1.69. The van der Waals surface area contributed by atoms with Gasteiger partial charge in [-0.1, -0.05) is 48.6 Å². The molecule has 0 spiro atoms. The highest BCUT2D eigenvalue weighted by atomic mass is 16.5. The van der Waals surface area contributed by atoms with Crippen molar-refractivity contribution in [3.63, 3.8) is 0 Å². The lowest BCUT2D eigenvalue weighted by Gasteiger charge is -2.26. The Labute approximate surface area is 139 Å². The molecule has 0 radical (unpaired) electrons. The summed E-state index contributed by atoms with van der Waals surface area (Å²) in [7, 11) is 0. The minimum atomic E-state index is -0.689. The number of hydrogen-bond donors (Lipinski definition) is 0. The van der Waals surface area contributed by atoms with Gasteiger partial charge < -0.3 is 4.74 Å². The number of fused-ring (bicyclic) bond motifs is 6. The molecule has 120 valence electrons. The number of rotatable bonds is 1. The molecule has 0 unspecified atom stereocenters. The number of ether oxygens (including phenoxy) is 1. The Morgan fingerprint density at radius 1 is 0.875 bits per heavy atom. The van der Waals surface area contributed by atoms with Crippen molar-refractivity contribution in [2.24, 2.45) is 11.8 Å². The first-order valence-corrected chi connectivity index (χ1v) is 8.21. The van der Waals surface area contributed by atoms with Crippen molar-refractivity contribution in [1.82, 2.24) is 0 Å². The summed E-state index contributed by atoms with van der Waals surface area (Å²) in [5.74, 6) is -1.20. The molecule has 0 aliphatic carbocycles.